The highest BCUT2D eigenvalue weighted by atomic mass is 16.3. The number of aromatic hydroxyl groups is 1. The highest BCUT2D eigenvalue weighted by Crippen LogP contribution is 2.54. The molecular formula is C29H35N3O7. The number of benzene rings is 1. The Balaban J connectivity index is 1.99. The Morgan fingerprint density at radius 3 is 2.41 bits per heavy atom. The summed E-state index contributed by atoms with van der Waals surface area (Å²) in [6.45, 7) is 1.98. The maximum atomic E-state index is 14.1. The second-order valence-electron chi connectivity index (χ2n) is 10.8. The zero-order chi connectivity index (χ0) is 29.0. The van der Waals surface area contributed by atoms with Crippen LogP contribution >= 0.6 is 0 Å². The Kier molecular flexibility index (Phi) is 7.27. The normalized spacial score (nSPS) is 26.0. The molecule has 0 aromatic heterocycles. The summed E-state index contributed by atoms with van der Waals surface area (Å²) in [7, 11) is 8.11. The number of aliphatic hydroxyl groups excluding tert-OH is 2. The number of hydrogen-bond acceptors (Lipinski definition) is 9. The molecule has 5 N–H and O–H groups in total. The molecule has 10 heteroatoms. The minimum Gasteiger partial charge on any atom is -0.508 e. The van der Waals surface area contributed by atoms with Gasteiger partial charge in [0.25, 0.3) is 5.91 Å². The maximum absolute atomic E-state index is 14.1. The van der Waals surface area contributed by atoms with Crippen molar-refractivity contribution in [3.63, 3.8) is 0 Å². The van der Waals surface area contributed by atoms with Crippen LogP contribution < -0.4 is 10.2 Å². The molecule has 3 aliphatic rings. The van der Waals surface area contributed by atoms with Crippen LogP contribution in [0.5, 0.6) is 5.75 Å². The first-order valence-electron chi connectivity index (χ1n) is 12.9. The Morgan fingerprint density at radius 1 is 1.18 bits per heavy atom. The van der Waals surface area contributed by atoms with Gasteiger partial charge in [0, 0.05) is 44.7 Å². The molecule has 4 rings (SSSR count). The van der Waals surface area contributed by atoms with E-state index in [-0.39, 0.29) is 35.3 Å². The van der Waals surface area contributed by atoms with Crippen molar-refractivity contribution >= 4 is 28.9 Å². The monoisotopic (exact) mass is 537 g/mol. The van der Waals surface area contributed by atoms with Gasteiger partial charge in [0.15, 0.2) is 11.4 Å². The number of ketones is 2. The summed E-state index contributed by atoms with van der Waals surface area (Å²) in [5.41, 5.74) is -1.82. The predicted molar refractivity (Wildman–Crippen MR) is 145 cm³/mol. The molecule has 4 atom stereocenters. The van der Waals surface area contributed by atoms with Gasteiger partial charge in [-0.15, -0.1) is 0 Å². The van der Waals surface area contributed by atoms with E-state index in [9.17, 15) is 34.8 Å². The van der Waals surface area contributed by atoms with E-state index in [1.54, 1.807) is 20.2 Å². The fourth-order valence-corrected chi connectivity index (χ4v) is 6.18. The van der Waals surface area contributed by atoms with Crippen molar-refractivity contribution in [3.8, 4) is 17.6 Å². The second-order valence-corrected chi connectivity index (χ2v) is 10.8. The lowest BCUT2D eigenvalue weighted by molar-refractivity contribution is -0.153. The highest BCUT2D eigenvalue weighted by molar-refractivity contribution is 6.25. The van der Waals surface area contributed by atoms with Gasteiger partial charge >= 0.3 is 0 Å². The van der Waals surface area contributed by atoms with Gasteiger partial charge in [-0.2, -0.15) is 0 Å². The number of fused-ring (bicyclic) bond motifs is 3. The maximum Gasteiger partial charge on any atom is 0.258 e. The third-order valence-electron chi connectivity index (χ3n) is 7.98. The van der Waals surface area contributed by atoms with Crippen LogP contribution in [0, 0.1) is 23.7 Å². The third kappa shape index (κ3) is 4.08. The number of carbonyl (C=O) groups excluding carboxylic acids is 3. The molecule has 39 heavy (non-hydrogen) atoms. The third-order valence-corrected chi connectivity index (χ3v) is 7.98. The number of anilines is 1. The van der Waals surface area contributed by atoms with E-state index >= 15 is 0 Å². The molecule has 1 aromatic carbocycles. The molecule has 10 nitrogen and oxygen atoms in total. The number of phenolic OH excluding ortho intramolecular Hbond substituents is 1. The van der Waals surface area contributed by atoms with Crippen LogP contribution in [0.1, 0.15) is 42.9 Å². The van der Waals surface area contributed by atoms with E-state index in [0.717, 1.165) is 6.42 Å². The molecule has 3 aliphatic carbocycles. The average Bonchev–Trinajstić information content (AvgIpc) is 2.87. The minimum absolute atomic E-state index is 0.0506. The number of aliphatic hydroxyl groups is 3. The SMILES string of the molecule is CCCC#Cc1cc(N(C)C)c2c(c1O)C(O)=C1C(=O)[C@]3(O)C(O)=C(C(=O)NC)C(=O)[C@@H](N(C)C)[C@@H]3C[C@@H]1C2. The number of unbranched alkanes of at least 4 members (excludes halogenated alkanes) is 1. The number of nitrogens with zero attached hydrogens (tertiary/aromatic N) is 2. The number of amides is 1. The molecular weight excluding hydrogens is 502 g/mol. The zero-order valence-electron chi connectivity index (χ0n) is 23.0. The number of phenols is 1. The van der Waals surface area contributed by atoms with Crippen molar-refractivity contribution in [2.45, 2.75) is 44.2 Å². The first-order chi connectivity index (χ1) is 18.3. The summed E-state index contributed by atoms with van der Waals surface area (Å²) in [5.74, 6) is -0.213. The summed E-state index contributed by atoms with van der Waals surface area (Å²) in [6, 6.07) is 0.665. The standard InChI is InChI=1S/C29H35N3O7/c1-7-8-9-10-14-13-18(31(3)4)16-11-15-12-17-22(32(5)6)25(35)21(28(38)30-2)27(37)29(17,39)26(36)19(15)24(34)20(16)23(14)33/h13,15,17,22,33-34,37,39H,7-8,11-12H2,1-6H3,(H,30,38)/t15-,17-,22-,29-/m0/s1. The molecule has 0 unspecified atom stereocenters. The van der Waals surface area contributed by atoms with Crippen molar-refractivity contribution in [1.82, 2.24) is 10.2 Å². The van der Waals surface area contributed by atoms with Gasteiger partial charge < -0.3 is 30.6 Å². The van der Waals surface area contributed by atoms with E-state index in [2.05, 4.69) is 17.2 Å². The fraction of sp³-hybridized carbons (Fsp3) is 0.483. The van der Waals surface area contributed by atoms with Gasteiger partial charge in [-0.25, -0.2) is 0 Å². The van der Waals surface area contributed by atoms with Crippen LogP contribution in [0.2, 0.25) is 0 Å². The van der Waals surface area contributed by atoms with Gasteiger partial charge in [-0.05, 0) is 50.9 Å². The van der Waals surface area contributed by atoms with Gasteiger partial charge in [0.2, 0.25) is 5.78 Å². The van der Waals surface area contributed by atoms with Crippen molar-refractivity contribution in [2.24, 2.45) is 11.8 Å². The Morgan fingerprint density at radius 2 is 1.85 bits per heavy atom. The first-order valence-corrected chi connectivity index (χ1v) is 12.9. The lowest BCUT2D eigenvalue weighted by Crippen LogP contribution is -2.65. The molecule has 0 saturated heterocycles. The number of likely N-dealkylation sites (N-methyl/N-ethyl adjacent to an activating group) is 2. The molecule has 1 amide bonds. The van der Waals surface area contributed by atoms with E-state index < -0.39 is 58.0 Å². The lowest BCUT2D eigenvalue weighted by atomic mass is 9.57. The second kappa shape index (κ2) is 10.1. The number of nitrogens with one attached hydrogen (secondary N) is 1. The van der Waals surface area contributed by atoms with Crippen molar-refractivity contribution in [1.29, 1.82) is 0 Å². The summed E-state index contributed by atoms with van der Waals surface area (Å²) in [6.07, 6.45) is 1.74. The van der Waals surface area contributed by atoms with Crippen LogP contribution in [0.3, 0.4) is 0 Å². The van der Waals surface area contributed by atoms with Gasteiger partial charge in [0.1, 0.15) is 22.8 Å². The number of rotatable bonds is 4. The average molecular weight is 538 g/mol. The van der Waals surface area contributed by atoms with Gasteiger partial charge in [0.05, 0.1) is 17.2 Å². The van der Waals surface area contributed by atoms with Crippen molar-refractivity contribution in [2.75, 3.05) is 40.1 Å². The zero-order valence-corrected chi connectivity index (χ0v) is 23.0. The molecule has 0 radical (unpaired) electrons. The Hall–Kier alpha value is -3.81. The molecule has 0 heterocycles. The van der Waals surface area contributed by atoms with Crippen LogP contribution in [0.4, 0.5) is 5.69 Å². The van der Waals surface area contributed by atoms with Crippen LogP contribution in [-0.4, -0.2) is 89.7 Å². The first kappa shape index (κ1) is 28.2. The van der Waals surface area contributed by atoms with E-state index in [1.807, 2.05) is 25.9 Å². The summed E-state index contributed by atoms with van der Waals surface area (Å²) >= 11 is 0. The number of Topliss-reactive ketones (excluding diaryl/α,β-unsaturated/α-hetero) is 2. The van der Waals surface area contributed by atoms with E-state index in [4.69, 9.17) is 0 Å². The lowest BCUT2D eigenvalue weighted by Gasteiger charge is -2.50. The van der Waals surface area contributed by atoms with Crippen LogP contribution in [0.25, 0.3) is 5.76 Å². The quantitative estimate of drug-likeness (QED) is 0.284. The number of carbonyl (C=O) groups is 3. The summed E-state index contributed by atoms with van der Waals surface area (Å²) in [4.78, 5) is 43.4. The molecule has 1 fully saturated rings. The highest BCUT2D eigenvalue weighted by Gasteiger charge is 2.64. The molecule has 208 valence electrons. The smallest absolute Gasteiger partial charge is 0.258 e. The Labute approximate surface area is 227 Å². The molecule has 1 aromatic rings. The topological polar surface area (TPSA) is 151 Å². The van der Waals surface area contributed by atoms with Crippen LogP contribution in [-0.2, 0) is 20.8 Å². The molecule has 1 saturated carbocycles. The Bertz CT molecular complexity index is 1400. The summed E-state index contributed by atoms with van der Waals surface area (Å²) < 4.78 is 0. The minimum atomic E-state index is -2.62. The largest absolute Gasteiger partial charge is 0.508 e. The molecule has 0 bridgehead atoms. The summed E-state index contributed by atoms with van der Waals surface area (Å²) in [5, 5.41) is 47.9. The van der Waals surface area contributed by atoms with Crippen LogP contribution in [0.15, 0.2) is 23.0 Å². The van der Waals surface area contributed by atoms with E-state index in [0.29, 0.717) is 17.7 Å². The number of hydrogen-bond donors (Lipinski definition) is 5. The van der Waals surface area contributed by atoms with Gasteiger partial charge in [-0.3, -0.25) is 19.3 Å². The van der Waals surface area contributed by atoms with Gasteiger partial charge in [-0.1, -0.05) is 18.8 Å². The van der Waals surface area contributed by atoms with Crippen molar-refractivity contribution < 1.29 is 34.8 Å². The van der Waals surface area contributed by atoms with Crippen molar-refractivity contribution in [3.05, 3.63) is 39.7 Å². The predicted octanol–water partition coefficient (Wildman–Crippen LogP) is 1.44. The van der Waals surface area contributed by atoms with E-state index in [1.165, 1.54) is 11.9 Å². The molecule has 0 aliphatic heterocycles. The molecule has 0 spiro atoms. The fourth-order valence-electron chi connectivity index (χ4n) is 6.18.